The Kier molecular flexibility index (Phi) is 5.76. The summed E-state index contributed by atoms with van der Waals surface area (Å²) in [5, 5.41) is 4.64. The van der Waals surface area contributed by atoms with Gasteiger partial charge >= 0.3 is 0 Å². The van der Waals surface area contributed by atoms with Crippen LogP contribution in [0.25, 0.3) is 5.65 Å². The number of hydrogen-bond donors (Lipinski definition) is 1. The van der Waals surface area contributed by atoms with Gasteiger partial charge in [0.1, 0.15) is 18.0 Å². The quantitative estimate of drug-likeness (QED) is 0.495. The van der Waals surface area contributed by atoms with E-state index in [1.165, 1.54) is 16.2 Å². The lowest BCUT2D eigenvalue weighted by molar-refractivity contribution is -0.116. The number of ether oxygens (including phenoxy) is 1. The molecule has 0 fully saturated rings. The number of rotatable bonds is 7. The fraction of sp³-hybridized carbons (Fsp3) is 0.136. The zero-order valence-corrected chi connectivity index (χ0v) is 17.1. The minimum atomic E-state index is -0.278. The molecule has 0 bridgehead atoms. The number of fused-ring (bicyclic) bond motifs is 1. The Labute approximate surface area is 177 Å². The van der Waals surface area contributed by atoms with Crippen LogP contribution in [0.2, 0.25) is 0 Å². The van der Waals surface area contributed by atoms with Crippen molar-refractivity contribution < 1.29 is 14.3 Å². The summed E-state index contributed by atoms with van der Waals surface area (Å²) in [5.41, 5.74) is 2.27. The van der Waals surface area contributed by atoms with Crippen molar-refractivity contribution in [2.45, 2.75) is 6.61 Å². The van der Waals surface area contributed by atoms with Crippen LogP contribution in [0, 0.1) is 0 Å². The number of amides is 2. The monoisotopic (exact) mass is 420 g/mol. The minimum Gasteiger partial charge on any atom is -0.487 e. The second-order valence-electron chi connectivity index (χ2n) is 6.70. The van der Waals surface area contributed by atoms with E-state index in [2.05, 4.69) is 10.3 Å². The summed E-state index contributed by atoms with van der Waals surface area (Å²) < 4.78 is 7.76. The molecular weight excluding hydrogens is 400 g/mol. The van der Waals surface area contributed by atoms with Gasteiger partial charge in [0.25, 0.3) is 5.91 Å². The van der Waals surface area contributed by atoms with E-state index in [9.17, 15) is 9.59 Å². The summed E-state index contributed by atoms with van der Waals surface area (Å²) in [4.78, 5) is 31.1. The van der Waals surface area contributed by atoms with Crippen LogP contribution in [0.5, 0.6) is 5.75 Å². The first-order valence-corrected chi connectivity index (χ1v) is 10.2. The van der Waals surface area contributed by atoms with Crippen LogP contribution in [-0.4, -0.2) is 39.7 Å². The number of aromatic nitrogens is 2. The molecule has 0 aliphatic rings. The number of likely N-dealkylation sites (N-methyl/N-ethyl adjacent to an activating group) is 1. The normalized spacial score (nSPS) is 10.7. The lowest BCUT2D eigenvalue weighted by Crippen LogP contribution is -2.34. The average Bonchev–Trinajstić information content (AvgIpc) is 3.41. The molecule has 152 valence electrons. The number of thiophene rings is 1. The fourth-order valence-corrected chi connectivity index (χ4v) is 3.67. The maximum atomic E-state index is 12.3. The van der Waals surface area contributed by atoms with E-state index in [0.717, 1.165) is 11.3 Å². The van der Waals surface area contributed by atoms with Gasteiger partial charge in [-0.25, -0.2) is 4.98 Å². The van der Waals surface area contributed by atoms with Crippen molar-refractivity contribution in [2.24, 2.45) is 0 Å². The number of carbonyl (C=O) groups excluding carboxylic acids is 2. The highest BCUT2D eigenvalue weighted by Gasteiger charge is 2.16. The zero-order valence-electron chi connectivity index (χ0n) is 16.3. The van der Waals surface area contributed by atoms with Crippen molar-refractivity contribution in [3.05, 3.63) is 82.9 Å². The Bertz CT molecular complexity index is 1140. The number of imidazole rings is 1. The Morgan fingerprint density at radius 3 is 2.87 bits per heavy atom. The molecule has 0 aliphatic carbocycles. The van der Waals surface area contributed by atoms with Crippen molar-refractivity contribution >= 4 is 34.5 Å². The van der Waals surface area contributed by atoms with Gasteiger partial charge < -0.3 is 19.4 Å². The predicted octanol–water partition coefficient (Wildman–Crippen LogP) is 3.69. The van der Waals surface area contributed by atoms with E-state index in [-0.39, 0.29) is 18.4 Å². The average molecular weight is 420 g/mol. The van der Waals surface area contributed by atoms with Gasteiger partial charge in [-0.15, -0.1) is 11.3 Å². The Balaban J connectivity index is 1.33. The smallest absolute Gasteiger partial charge is 0.264 e. The second-order valence-corrected chi connectivity index (χ2v) is 7.65. The molecule has 0 unspecified atom stereocenters. The molecule has 3 aromatic heterocycles. The van der Waals surface area contributed by atoms with E-state index >= 15 is 0 Å². The highest BCUT2D eigenvalue weighted by Crippen LogP contribution is 2.19. The number of pyridine rings is 1. The number of carbonyl (C=O) groups is 2. The van der Waals surface area contributed by atoms with Crippen LogP contribution in [0.3, 0.4) is 0 Å². The first-order chi connectivity index (χ1) is 14.6. The molecule has 0 saturated carbocycles. The third kappa shape index (κ3) is 4.66. The number of hydrogen-bond acceptors (Lipinski definition) is 5. The molecule has 1 aromatic carbocycles. The highest BCUT2D eigenvalue weighted by molar-refractivity contribution is 7.12. The lowest BCUT2D eigenvalue weighted by atomic mass is 10.3. The molecule has 0 atom stereocenters. The maximum Gasteiger partial charge on any atom is 0.264 e. The van der Waals surface area contributed by atoms with Crippen LogP contribution < -0.4 is 10.1 Å². The third-order valence-corrected chi connectivity index (χ3v) is 5.24. The molecule has 0 aliphatic heterocycles. The number of anilines is 1. The Hall–Kier alpha value is -3.65. The number of nitrogens with one attached hydrogen (secondary N) is 1. The molecule has 7 nitrogen and oxygen atoms in total. The van der Waals surface area contributed by atoms with Crippen molar-refractivity contribution in [1.82, 2.24) is 14.3 Å². The van der Waals surface area contributed by atoms with Gasteiger partial charge in [-0.2, -0.15) is 0 Å². The highest BCUT2D eigenvalue weighted by atomic mass is 32.1. The van der Waals surface area contributed by atoms with E-state index in [1.54, 1.807) is 31.3 Å². The molecule has 2 amide bonds. The van der Waals surface area contributed by atoms with E-state index in [4.69, 9.17) is 4.74 Å². The summed E-state index contributed by atoms with van der Waals surface area (Å²) >= 11 is 1.35. The first kappa shape index (κ1) is 19.7. The molecule has 3 heterocycles. The van der Waals surface area contributed by atoms with Crippen LogP contribution in [0.1, 0.15) is 15.4 Å². The molecule has 30 heavy (non-hydrogen) atoms. The van der Waals surface area contributed by atoms with E-state index in [0.29, 0.717) is 22.9 Å². The fourth-order valence-electron chi connectivity index (χ4n) is 2.95. The molecular formula is C22H20N4O3S. The van der Waals surface area contributed by atoms with Crippen LogP contribution in [0.4, 0.5) is 5.69 Å². The summed E-state index contributed by atoms with van der Waals surface area (Å²) in [6, 6.07) is 16.5. The van der Waals surface area contributed by atoms with Crippen molar-refractivity contribution in [1.29, 1.82) is 0 Å². The SMILES string of the molecule is CN(CC(=O)Nc1cccc(OCc2cn3ccccc3n2)c1)C(=O)c1cccs1. The van der Waals surface area contributed by atoms with Crippen LogP contribution >= 0.6 is 11.3 Å². The van der Waals surface area contributed by atoms with Gasteiger partial charge in [0.15, 0.2) is 0 Å². The molecule has 0 spiro atoms. The minimum absolute atomic E-state index is 0.0386. The summed E-state index contributed by atoms with van der Waals surface area (Å²) in [6.07, 6.45) is 3.85. The molecule has 8 heteroatoms. The number of nitrogens with zero attached hydrogens (tertiary/aromatic N) is 3. The van der Waals surface area contributed by atoms with Crippen LogP contribution in [0.15, 0.2) is 72.4 Å². The Morgan fingerprint density at radius 1 is 1.17 bits per heavy atom. The van der Waals surface area contributed by atoms with E-state index < -0.39 is 0 Å². The third-order valence-electron chi connectivity index (χ3n) is 4.38. The molecule has 4 rings (SSSR count). The standard InChI is InChI=1S/C22H20N4O3S/c1-25(22(28)19-8-5-11-30-19)14-21(27)24-16-6-4-7-18(12-16)29-15-17-13-26-10-3-2-9-20(26)23-17/h2-13H,14-15H2,1H3,(H,24,27). The van der Waals surface area contributed by atoms with Gasteiger partial charge in [0, 0.05) is 31.2 Å². The van der Waals surface area contributed by atoms with Gasteiger partial charge in [0.2, 0.25) is 5.91 Å². The van der Waals surface area contributed by atoms with Gasteiger partial charge in [-0.05, 0) is 35.7 Å². The lowest BCUT2D eigenvalue weighted by Gasteiger charge is -2.16. The molecule has 0 saturated heterocycles. The predicted molar refractivity (Wildman–Crippen MR) is 116 cm³/mol. The van der Waals surface area contributed by atoms with E-state index in [1.807, 2.05) is 52.5 Å². The molecule has 4 aromatic rings. The Morgan fingerprint density at radius 2 is 2.07 bits per heavy atom. The van der Waals surface area contributed by atoms with Gasteiger partial charge in [-0.1, -0.05) is 18.2 Å². The topological polar surface area (TPSA) is 75.9 Å². The van der Waals surface area contributed by atoms with Gasteiger partial charge in [-0.3, -0.25) is 9.59 Å². The maximum absolute atomic E-state index is 12.3. The first-order valence-electron chi connectivity index (χ1n) is 9.33. The summed E-state index contributed by atoms with van der Waals surface area (Å²) in [6.45, 7) is 0.278. The van der Waals surface area contributed by atoms with Crippen molar-refractivity contribution in [2.75, 3.05) is 18.9 Å². The zero-order chi connectivity index (χ0) is 20.9. The van der Waals surface area contributed by atoms with Gasteiger partial charge in [0.05, 0.1) is 17.1 Å². The van der Waals surface area contributed by atoms with Crippen molar-refractivity contribution in [3.63, 3.8) is 0 Å². The molecule has 1 N–H and O–H groups in total. The van der Waals surface area contributed by atoms with Crippen LogP contribution in [-0.2, 0) is 11.4 Å². The summed E-state index contributed by atoms with van der Waals surface area (Å²) in [7, 11) is 1.61. The largest absolute Gasteiger partial charge is 0.487 e. The van der Waals surface area contributed by atoms with Crippen molar-refractivity contribution in [3.8, 4) is 5.75 Å². The number of benzene rings is 1. The molecule has 0 radical (unpaired) electrons. The summed E-state index contributed by atoms with van der Waals surface area (Å²) in [5.74, 6) is 0.164. The second kappa shape index (κ2) is 8.79.